The molecule has 0 aliphatic carbocycles. The number of esters is 1. The van der Waals surface area contributed by atoms with E-state index in [1.807, 2.05) is 0 Å². The van der Waals surface area contributed by atoms with Gasteiger partial charge in [-0.15, -0.1) is 0 Å². The number of ether oxygens (including phenoxy) is 1. The molecular weight excluding hydrogens is 286 g/mol. The van der Waals surface area contributed by atoms with Crippen LogP contribution in [0.15, 0.2) is 0 Å². The molecule has 0 spiro atoms. The number of aliphatic carboxylic acids is 1. The highest BCUT2D eigenvalue weighted by atomic mass is 32.2. The predicted octanol–water partition coefficient (Wildman–Crippen LogP) is 0.599. The molecule has 0 radical (unpaired) electrons. The first-order valence-electron chi connectivity index (χ1n) is 6.61. The molecule has 0 aromatic rings. The van der Waals surface area contributed by atoms with Gasteiger partial charge in [-0.3, -0.25) is 9.59 Å². The van der Waals surface area contributed by atoms with Crippen molar-refractivity contribution in [2.75, 3.05) is 19.4 Å². The summed E-state index contributed by atoms with van der Waals surface area (Å²) in [5, 5.41) is 9.37. The maximum absolute atomic E-state index is 12.3. The van der Waals surface area contributed by atoms with Crippen molar-refractivity contribution in [2.45, 2.75) is 44.6 Å². The summed E-state index contributed by atoms with van der Waals surface area (Å²) in [5.74, 6) is -1.81. The molecule has 0 amide bonds. The van der Waals surface area contributed by atoms with Gasteiger partial charge in [0, 0.05) is 13.0 Å². The summed E-state index contributed by atoms with van der Waals surface area (Å²) in [6.07, 6.45) is 1.24. The summed E-state index contributed by atoms with van der Waals surface area (Å²) < 4.78 is 30.1. The van der Waals surface area contributed by atoms with Gasteiger partial charge < -0.3 is 9.84 Å². The van der Waals surface area contributed by atoms with Gasteiger partial charge in [-0.25, -0.2) is 8.42 Å². The lowest BCUT2D eigenvalue weighted by Crippen LogP contribution is -2.53. The number of methoxy groups -OCH3 is 1. The number of carbonyl (C=O) groups excluding carboxylic acids is 1. The van der Waals surface area contributed by atoms with Crippen LogP contribution in [0, 0.1) is 0 Å². The van der Waals surface area contributed by atoms with Crippen molar-refractivity contribution in [3.8, 4) is 0 Å². The summed E-state index contributed by atoms with van der Waals surface area (Å²) in [5.41, 5.74) is -1.33. The van der Waals surface area contributed by atoms with Crippen LogP contribution in [-0.2, 0) is 24.3 Å². The van der Waals surface area contributed by atoms with Crippen molar-refractivity contribution in [1.82, 2.24) is 4.31 Å². The monoisotopic (exact) mass is 307 g/mol. The number of carboxylic acids is 1. The van der Waals surface area contributed by atoms with Crippen LogP contribution in [-0.4, -0.2) is 54.7 Å². The van der Waals surface area contributed by atoms with Crippen molar-refractivity contribution >= 4 is 22.0 Å². The standard InChI is InChI=1S/C12H21NO6S/c1-3-12(11(15)16)7-5-8-13(12)20(17,18)9-4-6-10(14)19-2/h3-9H2,1-2H3,(H,15,16). The molecule has 1 fully saturated rings. The topological polar surface area (TPSA) is 101 Å². The van der Waals surface area contributed by atoms with E-state index in [1.165, 1.54) is 7.11 Å². The van der Waals surface area contributed by atoms with Gasteiger partial charge in [0.05, 0.1) is 12.9 Å². The van der Waals surface area contributed by atoms with Crippen LogP contribution in [0.25, 0.3) is 0 Å². The number of sulfonamides is 1. The molecule has 1 unspecified atom stereocenters. The zero-order valence-corrected chi connectivity index (χ0v) is 12.6. The largest absolute Gasteiger partial charge is 0.480 e. The van der Waals surface area contributed by atoms with E-state index in [-0.39, 0.29) is 31.6 Å². The molecule has 1 aliphatic heterocycles. The Morgan fingerprint density at radius 2 is 2.05 bits per heavy atom. The summed E-state index contributed by atoms with van der Waals surface area (Å²) in [7, 11) is -2.44. The smallest absolute Gasteiger partial charge is 0.325 e. The molecule has 0 aromatic heterocycles. The first-order chi connectivity index (χ1) is 9.30. The van der Waals surface area contributed by atoms with E-state index in [1.54, 1.807) is 6.92 Å². The SMILES string of the molecule is CCC1(C(=O)O)CCCN1S(=O)(=O)CCCC(=O)OC. The van der Waals surface area contributed by atoms with Gasteiger partial charge in [0.25, 0.3) is 0 Å². The van der Waals surface area contributed by atoms with Crippen molar-refractivity contribution in [3.05, 3.63) is 0 Å². The number of rotatable bonds is 7. The number of hydrogen-bond acceptors (Lipinski definition) is 5. The molecule has 20 heavy (non-hydrogen) atoms. The quantitative estimate of drug-likeness (QED) is 0.691. The Balaban J connectivity index is 2.80. The van der Waals surface area contributed by atoms with Crippen LogP contribution in [0.4, 0.5) is 0 Å². The Hall–Kier alpha value is -1.15. The minimum absolute atomic E-state index is 0.00969. The lowest BCUT2D eigenvalue weighted by atomic mass is 9.95. The van der Waals surface area contributed by atoms with Crippen molar-refractivity contribution in [2.24, 2.45) is 0 Å². The van der Waals surface area contributed by atoms with E-state index in [9.17, 15) is 23.1 Å². The summed E-state index contributed by atoms with van der Waals surface area (Å²) in [6, 6.07) is 0. The third kappa shape index (κ3) is 3.29. The van der Waals surface area contributed by atoms with Crippen LogP contribution in [0.3, 0.4) is 0 Å². The molecule has 1 heterocycles. The fourth-order valence-corrected chi connectivity index (χ4v) is 4.56. The maximum Gasteiger partial charge on any atom is 0.325 e. The number of carbonyl (C=O) groups is 2. The highest BCUT2D eigenvalue weighted by Crippen LogP contribution is 2.35. The Kier molecular flexibility index (Phi) is 5.52. The van der Waals surface area contributed by atoms with Crippen LogP contribution >= 0.6 is 0 Å². The fraction of sp³-hybridized carbons (Fsp3) is 0.833. The third-order valence-electron chi connectivity index (χ3n) is 3.76. The minimum Gasteiger partial charge on any atom is -0.480 e. The lowest BCUT2D eigenvalue weighted by molar-refractivity contribution is -0.147. The first-order valence-corrected chi connectivity index (χ1v) is 8.22. The highest BCUT2D eigenvalue weighted by Gasteiger charge is 2.51. The van der Waals surface area contributed by atoms with Gasteiger partial charge >= 0.3 is 11.9 Å². The average molecular weight is 307 g/mol. The normalized spacial score (nSPS) is 23.7. The number of nitrogens with zero attached hydrogens (tertiary/aromatic N) is 1. The molecule has 0 bridgehead atoms. The molecule has 1 atom stereocenters. The van der Waals surface area contributed by atoms with Crippen molar-refractivity contribution in [1.29, 1.82) is 0 Å². The molecular formula is C12H21NO6S. The molecule has 1 saturated heterocycles. The zero-order valence-electron chi connectivity index (χ0n) is 11.8. The number of carboxylic acid groups (broad SMARTS) is 1. The molecule has 0 aromatic carbocycles. The Labute approximate surface area is 118 Å². The van der Waals surface area contributed by atoms with Gasteiger partial charge in [-0.2, -0.15) is 4.31 Å². The van der Waals surface area contributed by atoms with Gasteiger partial charge in [-0.1, -0.05) is 6.92 Å². The Bertz CT molecular complexity index is 474. The zero-order chi connectivity index (χ0) is 15.4. The fourth-order valence-electron chi connectivity index (χ4n) is 2.59. The second kappa shape index (κ2) is 6.53. The number of hydrogen-bond donors (Lipinski definition) is 1. The summed E-state index contributed by atoms with van der Waals surface area (Å²) in [4.78, 5) is 22.4. The lowest BCUT2D eigenvalue weighted by Gasteiger charge is -2.32. The second-order valence-electron chi connectivity index (χ2n) is 4.86. The van der Waals surface area contributed by atoms with Gasteiger partial charge in [0.1, 0.15) is 5.54 Å². The van der Waals surface area contributed by atoms with E-state index in [4.69, 9.17) is 0 Å². The Morgan fingerprint density at radius 3 is 2.55 bits per heavy atom. The van der Waals surface area contributed by atoms with Gasteiger partial charge in [0.15, 0.2) is 0 Å². The highest BCUT2D eigenvalue weighted by molar-refractivity contribution is 7.89. The van der Waals surface area contributed by atoms with Gasteiger partial charge in [-0.05, 0) is 25.7 Å². The van der Waals surface area contributed by atoms with E-state index in [0.717, 1.165) is 4.31 Å². The Morgan fingerprint density at radius 1 is 1.40 bits per heavy atom. The van der Waals surface area contributed by atoms with Gasteiger partial charge in [0.2, 0.25) is 10.0 Å². The molecule has 1 rings (SSSR count). The minimum atomic E-state index is -3.68. The van der Waals surface area contributed by atoms with Crippen LogP contribution in [0.5, 0.6) is 0 Å². The van der Waals surface area contributed by atoms with Crippen LogP contribution in [0.2, 0.25) is 0 Å². The summed E-state index contributed by atoms with van der Waals surface area (Å²) in [6.45, 7) is 1.90. The maximum atomic E-state index is 12.3. The van der Waals surface area contributed by atoms with Crippen molar-refractivity contribution < 1.29 is 27.9 Å². The van der Waals surface area contributed by atoms with E-state index in [2.05, 4.69) is 4.74 Å². The molecule has 1 N–H and O–H groups in total. The van der Waals surface area contributed by atoms with Crippen LogP contribution in [0.1, 0.15) is 39.0 Å². The van der Waals surface area contributed by atoms with E-state index >= 15 is 0 Å². The molecule has 7 nitrogen and oxygen atoms in total. The van der Waals surface area contributed by atoms with E-state index < -0.39 is 27.5 Å². The molecule has 0 saturated carbocycles. The third-order valence-corrected chi connectivity index (χ3v) is 5.77. The molecule has 116 valence electrons. The second-order valence-corrected chi connectivity index (χ2v) is 6.87. The van der Waals surface area contributed by atoms with E-state index in [0.29, 0.717) is 12.8 Å². The van der Waals surface area contributed by atoms with Crippen LogP contribution < -0.4 is 0 Å². The molecule has 1 aliphatic rings. The molecule has 8 heteroatoms. The summed E-state index contributed by atoms with van der Waals surface area (Å²) >= 11 is 0. The predicted molar refractivity (Wildman–Crippen MR) is 71.6 cm³/mol. The average Bonchev–Trinajstić information content (AvgIpc) is 2.84. The first kappa shape index (κ1) is 16.9. The van der Waals surface area contributed by atoms with Crippen molar-refractivity contribution in [3.63, 3.8) is 0 Å².